The number of rotatable bonds is 9. The Morgan fingerprint density at radius 2 is 0.661 bits per heavy atom. The van der Waals surface area contributed by atoms with Gasteiger partial charge in [-0.15, -0.1) is 17.0 Å². The van der Waals surface area contributed by atoms with Crippen molar-refractivity contribution in [3.63, 3.8) is 0 Å². The van der Waals surface area contributed by atoms with Crippen LogP contribution in [-0.2, 0) is 11.5 Å². The molecule has 0 aliphatic carbocycles. The fourth-order valence-electron chi connectivity index (χ4n) is 6.48. The predicted octanol–water partition coefficient (Wildman–Crippen LogP) is 13.3. The summed E-state index contributed by atoms with van der Waals surface area (Å²) in [6.45, 7) is 0. The second-order valence-corrected chi connectivity index (χ2v) is 20.8. The van der Waals surface area contributed by atoms with Crippen molar-refractivity contribution in [2.75, 3.05) is 0 Å². The average Bonchev–Trinajstić information content (AvgIpc) is 3.25. The van der Waals surface area contributed by atoms with Crippen LogP contribution >= 0.6 is 80.0 Å². The molecule has 56 heavy (non-hydrogen) atoms. The van der Waals surface area contributed by atoms with Crippen LogP contribution in [0.4, 0.5) is 0 Å². The van der Waals surface area contributed by atoms with Gasteiger partial charge in [0.2, 0.25) is 0 Å². The van der Waals surface area contributed by atoms with Crippen molar-refractivity contribution >= 4 is 112 Å². The highest BCUT2D eigenvalue weighted by molar-refractivity contribution is 9.10. The molecule has 0 aliphatic heterocycles. The van der Waals surface area contributed by atoms with Crippen LogP contribution in [0.25, 0.3) is 0 Å². The SMILES string of the molecule is Br.BrCc1cccc(Br)c1.Brc1cccc(C[P+](c2ccccc2)(c2ccccc2)c2ccccc2)c1.c1ccc(P(c2ccccc2)c2ccccc2)cc1. The Balaban J connectivity index is 0.000000179. The molecule has 0 N–H and O–H groups in total. The smallest absolute Gasteiger partial charge is 0.114 e. The summed E-state index contributed by atoms with van der Waals surface area (Å²) >= 11 is 10.4. The summed E-state index contributed by atoms with van der Waals surface area (Å²) in [5, 5.41) is 9.37. The Labute approximate surface area is 370 Å². The Kier molecular flexibility index (Phi) is 18.0. The molecule has 0 nitrogen and oxygen atoms in total. The molecule has 0 aromatic heterocycles. The summed E-state index contributed by atoms with van der Waals surface area (Å²) in [6.07, 6.45) is 1.00. The molecule has 0 saturated heterocycles. The van der Waals surface area contributed by atoms with E-state index in [2.05, 4.69) is 266 Å². The van der Waals surface area contributed by atoms with Gasteiger partial charge in [0.25, 0.3) is 0 Å². The molecular weight excluding hydrogens is 982 g/mol. The average molecular weight is 1030 g/mol. The van der Waals surface area contributed by atoms with Gasteiger partial charge < -0.3 is 0 Å². The third-order valence-corrected chi connectivity index (χ3v) is 17.4. The predicted molar refractivity (Wildman–Crippen MR) is 265 cm³/mol. The van der Waals surface area contributed by atoms with Gasteiger partial charge in [-0.2, -0.15) is 0 Å². The highest BCUT2D eigenvalue weighted by Gasteiger charge is 2.45. The lowest BCUT2D eigenvalue weighted by Crippen LogP contribution is -2.32. The summed E-state index contributed by atoms with van der Waals surface area (Å²) in [5.74, 6) is 0. The second kappa shape index (κ2) is 23.1. The van der Waals surface area contributed by atoms with E-state index in [0.29, 0.717) is 0 Å². The van der Waals surface area contributed by atoms with Gasteiger partial charge in [-0.1, -0.05) is 218 Å². The van der Waals surface area contributed by atoms with Crippen LogP contribution in [0.15, 0.2) is 239 Å². The number of hydrogen-bond acceptors (Lipinski definition) is 0. The Bertz CT molecular complexity index is 2100. The molecule has 0 amide bonds. The highest BCUT2D eigenvalue weighted by atomic mass is 79.9. The maximum Gasteiger partial charge on any atom is 0.116 e. The van der Waals surface area contributed by atoms with Crippen LogP contribution in [-0.4, -0.2) is 0 Å². The standard InChI is InChI=1S/C25H21BrP.C18H15P.C7H6Br2.BrH/c26-22-12-10-11-21(19-22)20-27(23-13-4-1-5-14-23,24-15-6-2-7-16-24)25-17-8-3-9-18-25;1-4-10-16(11-5-1)19(17-12-6-2-7-13-17)18-14-8-3-9-15-18;8-5-6-2-1-3-7(9)4-6;/h1-19H,20H2;1-15H;1-4H,5H2;1H/q+1;;;. The van der Waals surface area contributed by atoms with Gasteiger partial charge in [-0.25, -0.2) is 0 Å². The van der Waals surface area contributed by atoms with E-state index in [-0.39, 0.29) is 17.0 Å². The fraction of sp³-hybridized carbons (Fsp3) is 0.0400. The first-order chi connectivity index (χ1) is 27.1. The molecule has 0 bridgehead atoms. The lowest BCUT2D eigenvalue weighted by Gasteiger charge is -2.28. The minimum atomic E-state index is -1.82. The Hall–Kier alpha value is -3.46. The minimum absolute atomic E-state index is 0. The van der Waals surface area contributed by atoms with E-state index in [4.69, 9.17) is 0 Å². The lowest BCUT2D eigenvalue weighted by molar-refractivity contribution is 1.38. The normalized spacial score (nSPS) is 10.6. The molecule has 8 rings (SSSR count). The summed E-state index contributed by atoms with van der Waals surface area (Å²) in [7, 11) is -2.26. The molecule has 8 aromatic carbocycles. The van der Waals surface area contributed by atoms with E-state index in [1.807, 2.05) is 12.1 Å². The summed E-state index contributed by atoms with van der Waals surface area (Å²) < 4.78 is 2.27. The zero-order chi connectivity index (χ0) is 38.1. The van der Waals surface area contributed by atoms with Crippen molar-refractivity contribution in [2.45, 2.75) is 11.5 Å². The molecule has 0 spiro atoms. The van der Waals surface area contributed by atoms with E-state index in [1.165, 1.54) is 43.0 Å². The molecule has 0 heterocycles. The van der Waals surface area contributed by atoms with Gasteiger partial charge in [0.15, 0.2) is 0 Å². The van der Waals surface area contributed by atoms with Crippen LogP contribution in [0.3, 0.4) is 0 Å². The van der Waals surface area contributed by atoms with Crippen LogP contribution in [0.5, 0.6) is 0 Å². The quantitative estimate of drug-likeness (QED) is 0.0998. The van der Waals surface area contributed by atoms with Gasteiger partial charge in [0, 0.05) is 14.3 Å². The largest absolute Gasteiger partial charge is 0.116 e. The lowest BCUT2D eigenvalue weighted by atomic mass is 10.2. The van der Waals surface area contributed by atoms with Crippen molar-refractivity contribution in [1.82, 2.24) is 0 Å². The third-order valence-electron chi connectivity index (χ3n) is 8.99. The van der Waals surface area contributed by atoms with Crippen LogP contribution < -0.4 is 31.8 Å². The zero-order valence-electron chi connectivity index (χ0n) is 30.8. The third kappa shape index (κ3) is 12.0. The summed E-state index contributed by atoms with van der Waals surface area (Å²) in [5.41, 5.74) is 2.65. The van der Waals surface area contributed by atoms with Crippen LogP contribution in [0.2, 0.25) is 0 Å². The molecule has 0 saturated carbocycles. The first-order valence-electron chi connectivity index (χ1n) is 18.1. The van der Waals surface area contributed by atoms with E-state index >= 15 is 0 Å². The van der Waals surface area contributed by atoms with Gasteiger partial charge in [-0.3, -0.25) is 0 Å². The number of hydrogen-bond donors (Lipinski definition) is 0. The van der Waals surface area contributed by atoms with Crippen molar-refractivity contribution in [3.05, 3.63) is 251 Å². The summed E-state index contributed by atoms with van der Waals surface area (Å²) in [4.78, 5) is 0. The molecule has 0 radical (unpaired) electrons. The molecular formula is C50H43Br4P2+. The molecule has 280 valence electrons. The van der Waals surface area contributed by atoms with E-state index in [9.17, 15) is 0 Å². The maximum absolute atomic E-state index is 3.65. The van der Waals surface area contributed by atoms with E-state index < -0.39 is 15.2 Å². The zero-order valence-corrected chi connectivity index (χ0v) is 39.1. The summed E-state index contributed by atoms with van der Waals surface area (Å²) in [6, 6.07) is 82.4. The van der Waals surface area contributed by atoms with Crippen molar-refractivity contribution in [1.29, 1.82) is 0 Å². The van der Waals surface area contributed by atoms with Gasteiger partial charge in [0.1, 0.15) is 23.2 Å². The number of benzene rings is 8. The first-order valence-corrected chi connectivity index (χ1v) is 24.1. The molecule has 0 aliphatic rings. The number of alkyl halides is 1. The van der Waals surface area contributed by atoms with Crippen molar-refractivity contribution in [2.24, 2.45) is 0 Å². The van der Waals surface area contributed by atoms with E-state index in [1.54, 1.807) is 0 Å². The molecule has 6 heteroatoms. The van der Waals surface area contributed by atoms with Crippen molar-refractivity contribution < 1.29 is 0 Å². The Morgan fingerprint density at radius 3 is 0.964 bits per heavy atom. The van der Waals surface area contributed by atoms with Crippen LogP contribution in [0, 0.1) is 0 Å². The number of halogens is 4. The molecule has 0 fully saturated rings. The highest BCUT2D eigenvalue weighted by Crippen LogP contribution is 2.58. The maximum atomic E-state index is 3.65. The Morgan fingerprint density at radius 1 is 0.357 bits per heavy atom. The monoisotopic (exact) mass is 1020 g/mol. The van der Waals surface area contributed by atoms with Gasteiger partial charge in [-0.05, 0) is 95.6 Å². The molecule has 0 atom stereocenters. The van der Waals surface area contributed by atoms with Gasteiger partial charge >= 0.3 is 0 Å². The van der Waals surface area contributed by atoms with E-state index in [0.717, 1.165) is 20.4 Å². The minimum Gasteiger partial charge on any atom is -0.114 e. The second-order valence-electron chi connectivity index (χ2n) is 12.7. The topological polar surface area (TPSA) is 0 Å². The molecule has 0 unspecified atom stereocenters. The first kappa shape index (κ1) is 43.7. The van der Waals surface area contributed by atoms with Crippen molar-refractivity contribution in [3.8, 4) is 0 Å². The van der Waals surface area contributed by atoms with Crippen LogP contribution in [0.1, 0.15) is 11.1 Å². The van der Waals surface area contributed by atoms with Gasteiger partial charge in [0.05, 0.1) is 6.16 Å². The molecule has 8 aromatic rings. The fourth-order valence-corrected chi connectivity index (χ4v) is 14.3.